The molecule has 1 fully saturated rings. The highest BCUT2D eigenvalue weighted by atomic mass is 32.2. The van der Waals surface area contributed by atoms with Crippen molar-refractivity contribution in [2.75, 3.05) is 13.1 Å². The van der Waals surface area contributed by atoms with Crippen LogP contribution in [-0.4, -0.2) is 42.7 Å². The molecule has 2 aliphatic rings. The Labute approximate surface area is 202 Å². The van der Waals surface area contributed by atoms with E-state index in [2.05, 4.69) is 35.2 Å². The van der Waals surface area contributed by atoms with Crippen molar-refractivity contribution in [3.05, 3.63) is 69.9 Å². The molecule has 2 aromatic carbocycles. The lowest BCUT2D eigenvalue weighted by atomic mass is 9.70. The molecular weight excluding hydrogens is 468 g/mol. The van der Waals surface area contributed by atoms with Crippen LogP contribution in [0.3, 0.4) is 0 Å². The van der Waals surface area contributed by atoms with E-state index in [-0.39, 0.29) is 24.8 Å². The average molecular weight is 493 g/mol. The zero-order valence-electron chi connectivity index (χ0n) is 19.3. The number of benzene rings is 2. The van der Waals surface area contributed by atoms with Crippen LogP contribution in [0.15, 0.2) is 36.4 Å². The van der Waals surface area contributed by atoms with E-state index >= 15 is 0 Å². The van der Waals surface area contributed by atoms with Gasteiger partial charge in [0.25, 0.3) is 0 Å². The van der Waals surface area contributed by atoms with Gasteiger partial charge >= 0.3 is 16.4 Å². The van der Waals surface area contributed by atoms with Gasteiger partial charge in [0.15, 0.2) is 5.78 Å². The fourth-order valence-corrected chi connectivity index (χ4v) is 6.31. The summed E-state index contributed by atoms with van der Waals surface area (Å²) >= 11 is 0. The molecule has 0 saturated carbocycles. The van der Waals surface area contributed by atoms with Crippen molar-refractivity contribution < 1.29 is 22.2 Å². The van der Waals surface area contributed by atoms with Gasteiger partial charge in [0.05, 0.1) is 17.2 Å². The average Bonchev–Trinajstić information content (AvgIpc) is 3.22. The van der Waals surface area contributed by atoms with Crippen molar-refractivity contribution in [3.63, 3.8) is 0 Å². The number of nitriles is 1. The first-order chi connectivity index (χ1) is 16.5. The molecule has 9 nitrogen and oxygen atoms in total. The fourth-order valence-electron chi connectivity index (χ4n) is 5.34. The molecule has 1 aliphatic heterocycles. The van der Waals surface area contributed by atoms with Crippen molar-refractivity contribution in [1.82, 2.24) is 9.29 Å². The van der Waals surface area contributed by atoms with Crippen molar-refractivity contribution in [2.24, 2.45) is 5.73 Å². The zero-order valence-corrected chi connectivity index (χ0v) is 20.1. The molecule has 10 heteroatoms. The maximum absolute atomic E-state index is 13.5. The van der Waals surface area contributed by atoms with Gasteiger partial charge in [0.2, 0.25) is 0 Å². The molecule has 1 aromatic heterocycles. The van der Waals surface area contributed by atoms with E-state index < -0.39 is 21.8 Å². The number of carbonyl (C=O) groups excluding carboxylic acids is 2. The third-order valence-corrected chi connectivity index (χ3v) is 8.54. The summed E-state index contributed by atoms with van der Waals surface area (Å²) in [4.78, 5) is 27.8. The molecule has 180 valence electrons. The lowest BCUT2D eigenvalue weighted by Gasteiger charge is -2.34. The number of piperidine rings is 1. The summed E-state index contributed by atoms with van der Waals surface area (Å²) in [5.41, 5.74) is 9.71. The Balaban J connectivity index is 1.47. The maximum atomic E-state index is 13.5. The van der Waals surface area contributed by atoms with Crippen LogP contribution in [0.4, 0.5) is 4.79 Å². The van der Waals surface area contributed by atoms with Gasteiger partial charge in [-0.1, -0.05) is 38.1 Å². The first-order valence-electron chi connectivity index (χ1n) is 11.3. The number of fused-ring (bicyclic) bond motifs is 4. The summed E-state index contributed by atoms with van der Waals surface area (Å²) < 4.78 is 29.7. The maximum Gasteiger partial charge on any atom is 0.421 e. The first-order valence-corrected chi connectivity index (χ1v) is 12.6. The number of hydrogen-bond donors (Lipinski definition) is 2. The summed E-state index contributed by atoms with van der Waals surface area (Å²) in [5, 5.41) is 10.1. The van der Waals surface area contributed by atoms with Crippen LogP contribution < -0.4 is 5.73 Å². The van der Waals surface area contributed by atoms with Gasteiger partial charge in [0.1, 0.15) is 0 Å². The molecular formula is C25H24N4O5S. The van der Waals surface area contributed by atoms with E-state index in [9.17, 15) is 23.3 Å². The van der Waals surface area contributed by atoms with Gasteiger partial charge < -0.3 is 14.9 Å². The molecule has 0 radical (unpaired) electrons. The minimum Gasteiger partial charge on any atom is -0.357 e. The summed E-state index contributed by atoms with van der Waals surface area (Å²) in [6.07, 6.45) is -0.263. The van der Waals surface area contributed by atoms with Gasteiger partial charge in [-0.25, -0.2) is 4.79 Å². The van der Waals surface area contributed by atoms with Crippen LogP contribution in [0.5, 0.6) is 0 Å². The Bertz CT molecular complexity index is 1540. The predicted octanol–water partition coefficient (Wildman–Crippen LogP) is 3.43. The highest BCUT2D eigenvalue weighted by Crippen LogP contribution is 2.45. The smallest absolute Gasteiger partial charge is 0.357 e. The fraction of sp³-hybridized carbons (Fsp3) is 0.320. The molecule has 0 unspecified atom stereocenters. The molecule has 3 N–H and O–H groups in total. The van der Waals surface area contributed by atoms with Crippen LogP contribution in [0.25, 0.3) is 10.9 Å². The summed E-state index contributed by atoms with van der Waals surface area (Å²) in [6, 6.07) is 13.3. The van der Waals surface area contributed by atoms with Crippen molar-refractivity contribution in [3.8, 4) is 6.07 Å². The third-order valence-electron chi connectivity index (χ3n) is 7.17. The number of hydrogen-bond acceptors (Lipinski definition) is 6. The van der Waals surface area contributed by atoms with Crippen molar-refractivity contribution >= 4 is 33.1 Å². The van der Waals surface area contributed by atoms with Crippen LogP contribution >= 0.6 is 0 Å². The van der Waals surface area contributed by atoms with Gasteiger partial charge in [-0.05, 0) is 42.0 Å². The molecule has 3 aromatic rings. The Morgan fingerprint density at radius 3 is 2.57 bits per heavy atom. The second kappa shape index (κ2) is 7.93. The molecule has 0 bridgehead atoms. The van der Waals surface area contributed by atoms with Crippen LogP contribution in [-0.2, 0) is 19.9 Å². The third kappa shape index (κ3) is 3.68. The molecule has 1 amide bonds. The SMILES string of the molecule is CC1(C)c2cc(C3CCN(S(=O)(=O)OC(N)=O)CC3)ccc2C(=O)c2c1[nH]c1cc(C#N)ccc21. The van der Waals surface area contributed by atoms with Crippen LogP contribution in [0, 0.1) is 11.3 Å². The van der Waals surface area contributed by atoms with Gasteiger partial charge in [0, 0.05) is 40.7 Å². The van der Waals surface area contributed by atoms with E-state index in [1.165, 1.54) is 0 Å². The quantitative estimate of drug-likeness (QED) is 0.573. The van der Waals surface area contributed by atoms with Crippen molar-refractivity contribution in [2.45, 2.75) is 38.0 Å². The minimum atomic E-state index is -4.19. The van der Waals surface area contributed by atoms with Gasteiger partial charge in [-0.3, -0.25) is 4.79 Å². The summed E-state index contributed by atoms with van der Waals surface area (Å²) in [5.74, 6) is 0.0369. The Morgan fingerprint density at radius 2 is 1.91 bits per heavy atom. The monoisotopic (exact) mass is 492 g/mol. The first kappa shape index (κ1) is 23.1. The number of primary amides is 1. The van der Waals surface area contributed by atoms with Crippen molar-refractivity contribution in [1.29, 1.82) is 5.26 Å². The van der Waals surface area contributed by atoms with E-state index in [1.807, 2.05) is 18.2 Å². The zero-order chi connectivity index (χ0) is 25.1. The number of nitrogens with zero attached hydrogens (tertiary/aromatic N) is 2. The van der Waals surface area contributed by atoms with E-state index in [0.29, 0.717) is 29.5 Å². The second-order valence-electron chi connectivity index (χ2n) is 9.54. The molecule has 5 rings (SSSR count). The number of rotatable bonds is 3. The summed E-state index contributed by atoms with van der Waals surface area (Å²) in [6.45, 7) is 4.54. The molecule has 0 atom stereocenters. The van der Waals surface area contributed by atoms with E-state index in [4.69, 9.17) is 5.73 Å². The number of amides is 1. The van der Waals surface area contributed by atoms with E-state index in [1.54, 1.807) is 12.1 Å². The predicted molar refractivity (Wildman–Crippen MR) is 128 cm³/mol. The van der Waals surface area contributed by atoms with Crippen LogP contribution in [0.1, 0.15) is 70.9 Å². The molecule has 35 heavy (non-hydrogen) atoms. The number of H-pyrrole nitrogens is 1. The van der Waals surface area contributed by atoms with Gasteiger partial charge in [-0.15, -0.1) is 0 Å². The van der Waals surface area contributed by atoms with Gasteiger partial charge in [-0.2, -0.15) is 18.0 Å². The second-order valence-corrected chi connectivity index (χ2v) is 11.1. The topological polar surface area (TPSA) is 146 Å². The Hall–Kier alpha value is -3.68. The number of nitrogens with one attached hydrogen (secondary N) is 1. The number of nitrogens with two attached hydrogens (primary N) is 1. The minimum absolute atomic E-state index is 0.0543. The number of aromatic amines is 1. The lowest BCUT2D eigenvalue weighted by molar-refractivity contribution is 0.103. The molecule has 1 aliphatic carbocycles. The molecule has 2 heterocycles. The lowest BCUT2D eigenvalue weighted by Crippen LogP contribution is -2.40. The molecule has 0 spiro atoms. The Morgan fingerprint density at radius 1 is 1.20 bits per heavy atom. The number of ketones is 1. The standard InChI is InChI=1S/C25H24N4O5S/c1-25(2)19-12-16(15-7-9-29(10-8-15)35(32,33)34-24(27)31)4-6-17(19)22(30)21-18-5-3-14(13-26)11-20(18)28-23(21)25/h3-6,11-12,15,28H,7-10H2,1-2H3,(H2,27,31). The Kier molecular flexibility index (Phi) is 5.23. The number of aromatic nitrogens is 1. The highest BCUT2D eigenvalue weighted by molar-refractivity contribution is 7.84. The van der Waals surface area contributed by atoms with Crippen LogP contribution in [0.2, 0.25) is 0 Å². The molecule has 1 saturated heterocycles. The largest absolute Gasteiger partial charge is 0.421 e. The normalized spacial score (nSPS) is 18.0. The number of carbonyl (C=O) groups is 2. The van der Waals surface area contributed by atoms with E-state index in [0.717, 1.165) is 32.0 Å². The summed E-state index contributed by atoms with van der Waals surface area (Å²) in [7, 11) is -4.19. The highest BCUT2D eigenvalue weighted by Gasteiger charge is 2.40.